The number of quaternary nitrogens is 1. The molecule has 0 aliphatic heterocycles. The highest BCUT2D eigenvalue weighted by molar-refractivity contribution is 7.47. The van der Waals surface area contributed by atoms with E-state index in [1.54, 1.807) is 0 Å². The molecule has 0 radical (unpaired) electrons. The lowest BCUT2D eigenvalue weighted by Crippen LogP contribution is -2.46. The Morgan fingerprint density at radius 1 is 0.611 bits per heavy atom. The van der Waals surface area contributed by atoms with Crippen LogP contribution >= 0.6 is 7.82 Å². The summed E-state index contributed by atoms with van der Waals surface area (Å²) in [5.74, 6) is -0.148. The van der Waals surface area contributed by atoms with Gasteiger partial charge in [-0.3, -0.25) is 13.8 Å². The largest absolute Gasteiger partial charge is 0.472 e. The van der Waals surface area contributed by atoms with E-state index in [9.17, 15) is 19.4 Å². The fraction of sp³-hybridized carbons (Fsp3) is 0.933. The summed E-state index contributed by atoms with van der Waals surface area (Å²) < 4.78 is 23.6. The average molecular weight is 788 g/mol. The van der Waals surface area contributed by atoms with Gasteiger partial charge in [-0.15, -0.1) is 0 Å². The van der Waals surface area contributed by atoms with Crippen molar-refractivity contribution in [1.29, 1.82) is 0 Å². The first-order valence-electron chi connectivity index (χ1n) is 23.1. The molecule has 54 heavy (non-hydrogen) atoms. The molecule has 0 fully saturated rings. The molecule has 0 saturated carbocycles. The molecule has 0 aromatic carbocycles. The summed E-state index contributed by atoms with van der Waals surface area (Å²) in [5.41, 5.74) is 0. The van der Waals surface area contributed by atoms with Gasteiger partial charge < -0.3 is 19.8 Å². The second kappa shape index (κ2) is 37.8. The number of hydrogen-bond donors (Lipinski definition) is 3. The number of aliphatic hydroxyl groups excluding tert-OH is 1. The van der Waals surface area contributed by atoms with Gasteiger partial charge in [0.1, 0.15) is 13.2 Å². The lowest BCUT2D eigenvalue weighted by molar-refractivity contribution is -0.870. The summed E-state index contributed by atoms with van der Waals surface area (Å²) in [6, 6.07) is -0.758. The van der Waals surface area contributed by atoms with Crippen molar-refractivity contribution in [2.45, 2.75) is 231 Å². The van der Waals surface area contributed by atoms with Gasteiger partial charge >= 0.3 is 7.82 Å². The molecular formula is C45H92N2O6P+. The quantitative estimate of drug-likeness (QED) is 0.0246. The Bertz CT molecular complexity index is 896. The molecule has 0 aromatic rings. The normalized spacial score (nSPS) is 14.4. The van der Waals surface area contributed by atoms with Gasteiger partial charge in [0.2, 0.25) is 5.91 Å². The minimum Gasteiger partial charge on any atom is -0.391 e. The fourth-order valence-electron chi connectivity index (χ4n) is 6.81. The summed E-state index contributed by atoms with van der Waals surface area (Å²) in [4.78, 5) is 23.1. The monoisotopic (exact) mass is 788 g/mol. The first-order chi connectivity index (χ1) is 26.0. The summed E-state index contributed by atoms with van der Waals surface area (Å²) in [6.45, 7) is 4.89. The van der Waals surface area contributed by atoms with Gasteiger partial charge in [0.15, 0.2) is 0 Å². The van der Waals surface area contributed by atoms with E-state index in [-0.39, 0.29) is 19.1 Å². The van der Waals surface area contributed by atoms with Crippen LogP contribution in [0.5, 0.6) is 0 Å². The van der Waals surface area contributed by atoms with Crippen molar-refractivity contribution in [3.05, 3.63) is 12.2 Å². The van der Waals surface area contributed by atoms with Crippen LogP contribution in [0, 0.1) is 0 Å². The second-order valence-electron chi connectivity index (χ2n) is 17.1. The van der Waals surface area contributed by atoms with E-state index in [2.05, 4.69) is 31.3 Å². The van der Waals surface area contributed by atoms with Crippen molar-refractivity contribution >= 4 is 13.7 Å². The first kappa shape index (κ1) is 53.2. The number of likely N-dealkylation sites (N-methyl/N-ethyl adjacent to an activating group) is 1. The zero-order valence-corrected chi connectivity index (χ0v) is 37.4. The summed E-state index contributed by atoms with van der Waals surface area (Å²) in [7, 11) is 1.62. The number of carbonyl (C=O) groups is 1. The van der Waals surface area contributed by atoms with Gasteiger partial charge in [0.25, 0.3) is 0 Å². The standard InChI is InChI=1S/C45H91N2O6P/c1-6-8-10-12-14-16-18-20-21-22-23-24-25-26-27-29-31-33-35-37-39-45(49)46-43(42-53-54(50,51)52-41-40-47(3,4)5)44(48)38-36-34-32-30-28-19-17-15-13-11-9-7-2/h23-24,43-44,48H,6-22,25-42H2,1-5H3,(H-,46,49,50,51)/p+1/b24-23-. The van der Waals surface area contributed by atoms with E-state index in [0.29, 0.717) is 23.9 Å². The van der Waals surface area contributed by atoms with Crippen LogP contribution in [0.2, 0.25) is 0 Å². The minimum absolute atomic E-state index is 0.0756. The third-order valence-electron chi connectivity index (χ3n) is 10.5. The highest BCUT2D eigenvalue weighted by atomic mass is 31.2. The highest BCUT2D eigenvalue weighted by Crippen LogP contribution is 2.43. The number of nitrogens with zero attached hydrogens (tertiary/aromatic N) is 1. The molecule has 0 aliphatic rings. The Morgan fingerprint density at radius 2 is 1.00 bits per heavy atom. The third kappa shape index (κ3) is 39.5. The molecule has 3 atom stereocenters. The van der Waals surface area contributed by atoms with E-state index >= 15 is 0 Å². The zero-order chi connectivity index (χ0) is 40.0. The molecule has 0 heterocycles. The van der Waals surface area contributed by atoms with Gasteiger partial charge in [0.05, 0.1) is 39.9 Å². The number of rotatable bonds is 42. The predicted molar refractivity (Wildman–Crippen MR) is 231 cm³/mol. The molecule has 1 amide bonds. The van der Waals surface area contributed by atoms with Gasteiger partial charge in [-0.05, 0) is 38.5 Å². The molecule has 0 saturated heterocycles. The molecular weight excluding hydrogens is 695 g/mol. The molecule has 0 bridgehead atoms. The SMILES string of the molecule is CCCCCCCCCCC/C=C\CCCCCCCCCC(=O)NC(COP(=O)(O)OCC[N+](C)(C)C)C(O)CCCCCCCCCCCCCC. The molecule has 8 nitrogen and oxygen atoms in total. The number of aliphatic hydroxyl groups is 1. The number of unbranched alkanes of at least 4 members (excludes halogenated alkanes) is 27. The highest BCUT2D eigenvalue weighted by Gasteiger charge is 2.28. The van der Waals surface area contributed by atoms with E-state index in [4.69, 9.17) is 9.05 Å². The number of amides is 1. The molecule has 0 aliphatic carbocycles. The second-order valence-corrected chi connectivity index (χ2v) is 18.6. The van der Waals surface area contributed by atoms with Crippen molar-refractivity contribution in [3.8, 4) is 0 Å². The molecule has 0 spiro atoms. The van der Waals surface area contributed by atoms with Crippen molar-refractivity contribution in [2.24, 2.45) is 0 Å². The Morgan fingerprint density at radius 3 is 1.43 bits per heavy atom. The summed E-state index contributed by atoms with van der Waals surface area (Å²) in [5, 5.41) is 13.9. The number of nitrogens with one attached hydrogen (secondary N) is 1. The Kier molecular flexibility index (Phi) is 37.3. The van der Waals surface area contributed by atoms with Crippen molar-refractivity contribution < 1.29 is 32.9 Å². The Labute approximate surface area is 335 Å². The zero-order valence-electron chi connectivity index (χ0n) is 36.5. The fourth-order valence-corrected chi connectivity index (χ4v) is 7.54. The van der Waals surface area contributed by atoms with Crippen molar-refractivity contribution in [1.82, 2.24) is 5.32 Å². The van der Waals surface area contributed by atoms with Crippen LogP contribution in [0.25, 0.3) is 0 Å². The summed E-state index contributed by atoms with van der Waals surface area (Å²) in [6.07, 6.45) is 42.4. The van der Waals surface area contributed by atoms with E-state index in [0.717, 1.165) is 38.5 Å². The smallest absolute Gasteiger partial charge is 0.391 e. The Hall–Kier alpha value is -0.760. The number of phosphoric ester groups is 1. The molecule has 0 rings (SSSR count). The molecule has 3 N–H and O–H groups in total. The van der Waals surface area contributed by atoms with Gasteiger partial charge in [-0.1, -0.05) is 187 Å². The molecule has 9 heteroatoms. The van der Waals surface area contributed by atoms with Gasteiger partial charge in [-0.25, -0.2) is 4.57 Å². The molecule has 322 valence electrons. The van der Waals surface area contributed by atoms with Crippen LogP contribution in [-0.2, 0) is 18.4 Å². The van der Waals surface area contributed by atoms with E-state index in [1.807, 2.05) is 21.1 Å². The lowest BCUT2D eigenvalue weighted by Gasteiger charge is -2.26. The van der Waals surface area contributed by atoms with Crippen LogP contribution in [0.4, 0.5) is 0 Å². The third-order valence-corrected chi connectivity index (χ3v) is 11.5. The van der Waals surface area contributed by atoms with Gasteiger partial charge in [-0.2, -0.15) is 0 Å². The van der Waals surface area contributed by atoms with Crippen LogP contribution in [0.3, 0.4) is 0 Å². The topological polar surface area (TPSA) is 105 Å². The average Bonchev–Trinajstić information content (AvgIpc) is 3.12. The number of carbonyl (C=O) groups excluding carboxylic acids is 1. The summed E-state index contributed by atoms with van der Waals surface area (Å²) >= 11 is 0. The minimum atomic E-state index is -4.31. The maximum atomic E-state index is 12.9. The predicted octanol–water partition coefficient (Wildman–Crippen LogP) is 12.8. The number of hydrogen-bond acceptors (Lipinski definition) is 5. The maximum Gasteiger partial charge on any atom is 0.472 e. The van der Waals surface area contributed by atoms with E-state index in [1.165, 1.54) is 154 Å². The van der Waals surface area contributed by atoms with Crippen LogP contribution in [-0.4, -0.2) is 73.4 Å². The Balaban J connectivity index is 4.28. The maximum absolute atomic E-state index is 12.9. The number of allylic oxidation sites excluding steroid dienone is 2. The van der Waals surface area contributed by atoms with Crippen LogP contribution in [0.15, 0.2) is 12.2 Å². The molecule has 3 unspecified atom stereocenters. The molecule has 0 aromatic heterocycles. The van der Waals surface area contributed by atoms with Gasteiger partial charge in [0, 0.05) is 6.42 Å². The first-order valence-corrected chi connectivity index (χ1v) is 24.5. The number of phosphoric acid groups is 1. The lowest BCUT2D eigenvalue weighted by atomic mass is 10.0. The van der Waals surface area contributed by atoms with Crippen LogP contribution < -0.4 is 5.32 Å². The van der Waals surface area contributed by atoms with E-state index < -0.39 is 20.0 Å². The van der Waals surface area contributed by atoms with Crippen molar-refractivity contribution in [2.75, 3.05) is 40.9 Å². The van der Waals surface area contributed by atoms with Crippen LogP contribution in [0.1, 0.15) is 219 Å². The van der Waals surface area contributed by atoms with Crippen molar-refractivity contribution in [3.63, 3.8) is 0 Å².